The van der Waals surface area contributed by atoms with Crippen LogP contribution < -0.4 is 15.4 Å². The highest BCUT2D eigenvalue weighted by atomic mass is 32.1. The lowest BCUT2D eigenvalue weighted by molar-refractivity contribution is 0.238. The van der Waals surface area contributed by atoms with Crippen molar-refractivity contribution in [3.05, 3.63) is 59.3 Å². The summed E-state index contributed by atoms with van der Waals surface area (Å²) in [6.07, 6.45) is 4.23. The number of ether oxygens (including phenoxy) is 1. The zero-order chi connectivity index (χ0) is 28.2. The van der Waals surface area contributed by atoms with Gasteiger partial charge < -0.3 is 20.5 Å². The number of nitrogens with one attached hydrogen (secondary N) is 2. The van der Waals surface area contributed by atoms with E-state index in [1.165, 1.54) is 21.6 Å². The Morgan fingerprint density at radius 3 is 2.69 bits per heavy atom. The van der Waals surface area contributed by atoms with Crippen LogP contribution in [0.1, 0.15) is 56.8 Å². The summed E-state index contributed by atoms with van der Waals surface area (Å²) in [5.41, 5.74) is 5.66. The molecule has 1 aliphatic heterocycles. The molecule has 3 aromatic rings. The summed E-state index contributed by atoms with van der Waals surface area (Å²) in [5, 5.41) is 24.7. The second kappa shape index (κ2) is 15.7. The largest absolute Gasteiger partial charge is 0.490 e. The third kappa shape index (κ3) is 7.87. The number of fused-ring (bicyclic) bond motifs is 1. The fourth-order valence-electron chi connectivity index (χ4n) is 5.07. The lowest BCUT2D eigenvalue weighted by Crippen LogP contribution is -2.45. The third-order valence-electron chi connectivity index (χ3n) is 6.78. The Kier molecular flexibility index (Phi) is 12.4. The number of nitriles is 1. The minimum atomic E-state index is 0.0278. The average molecular weight is 550 g/mol. The van der Waals surface area contributed by atoms with Gasteiger partial charge in [0.2, 0.25) is 0 Å². The number of rotatable bonds is 8. The van der Waals surface area contributed by atoms with E-state index in [1.807, 2.05) is 52.1 Å². The molecule has 0 saturated carbocycles. The molecule has 8 heteroatoms. The Bertz CT molecular complexity index is 1210. The van der Waals surface area contributed by atoms with E-state index in [0.717, 1.165) is 69.8 Å². The lowest BCUT2D eigenvalue weighted by atomic mass is 10.0. The normalized spacial score (nSPS) is 16.4. The van der Waals surface area contributed by atoms with Gasteiger partial charge in [-0.25, -0.2) is 4.98 Å². The van der Waals surface area contributed by atoms with Gasteiger partial charge in [-0.2, -0.15) is 5.26 Å². The maximum Gasteiger partial charge on any atom is 0.137 e. The quantitative estimate of drug-likeness (QED) is 0.353. The van der Waals surface area contributed by atoms with Gasteiger partial charge in [0.15, 0.2) is 0 Å². The number of aliphatic hydroxyl groups excluding tert-OH is 1. The van der Waals surface area contributed by atoms with Gasteiger partial charge in [-0.3, -0.25) is 4.90 Å². The van der Waals surface area contributed by atoms with Crippen molar-refractivity contribution in [2.24, 2.45) is 0 Å². The number of aromatic nitrogens is 1. The molecule has 1 unspecified atom stereocenters. The first-order chi connectivity index (χ1) is 19.1. The van der Waals surface area contributed by atoms with Gasteiger partial charge in [0.1, 0.15) is 16.8 Å². The summed E-state index contributed by atoms with van der Waals surface area (Å²) in [7, 11) is 1.00. The third-order valence-corrected chi connectivity index (χ3v) is 7.86. The number of thiazole rings is 1. The number of hydrogen-bond acceptors (Lipinski definition) is 8. The first-order valence-corrected chi connectivity index (χ1v) is 14.8. The maximum absolute atomic E-state index is 9.59. The molecular weight excluding hydrogens is 506 g/mol. The van der Waals surface area contributed by atoms with Crippen LogP contribution in [0.3, 0.4) is 0 Å². The molecule has 5 rings (SSSR count). The molecule has 0 bridgehead atoms. The molecule has 7 nitrogen and oxygen atoms in total. The standard InChI is InChI=1S/C28H33N5OS.C2H6.CH4O/c1-19(2)34-26-9-6-20(16-21(26)17-29)28-32-18-27(35-28)24-5-3-4-23-22(24)7-8-25(23)31-12-15-33-13-10-30-11-14-33;2*1-2/h3-6,9,16,18-19,25,30-31H,7-8,10-15H2,1-2H3;1-2H3;2H,1H3. The van der Waals surface area contributed by atoms with Crippen molar-refractivity contribution in [2.75, 3.05) is 46.4 Å². The van der Waals surface area contributed by atoms with E-state index >= 15 is 0 Å². The Hall–Kier alpha value is -2.80. The fraction of sp³-hybridized carbons (Fsp3) is 0.484. The molecule has 0 spiro atoms. The molecule has 210 valence electrons. The number of piperazine rings is 1. The van der Waals surface area contributed by atoms with Crippen molar-refractivity contribution in [3.63, 3.8) is 0 Å². The molecule has 1 saturated heterocycles. The molecule has 0 amide bonds. The Balaban J connectivity index is 0.00000100. The lowest BCUT2D eigenvalue weighted by Gasteiger charge is -2.27. The van der Waals surface area contributed by atoms with E-state index in [-0.39, 0.29) is 6.10 Å². The van der Waals surface area contributed by atoms with Gasteiger partial charge in [-0.1, -0.05) is 32.0 Å². The van der Waals surface area contributed by atoms with Crippen LogP contribution in [-0.2, 0) is 6.42 Å². The summed E-state index contributed by atoms with van der Waals surface area (Å²) >= 11 is 1.69. The van der Waals surface area contributed by atoms with Crippen molar-refractivity contribution in [2.45, 2.75) is 52.7 Å². The number of nitrogens with zero attached hydrogens (tertiary/aromatic N) is 3. The first-order valence-electron chi connectivity index (χ1n) is 14.0. The highest BCUT2D eigenvalue weighted by molar-refractivity contribution is 7.18. The molecule has 2 heterocycles. The zero-order valence-electron chi connectivity index (χ0n) is 24.0. The predicted octanol–water partition coefficient (Wildman–Crippen LogP) is 5.25. The number of hydrogen-bond donors (Lipinski definition) is 3. The van der Waals surface area contributed by atoms with Gasteiger partial charge in [0, 0.05) is 64.2 Å². The van der Waals surface area contributed by atoms with Crippen LogP contribution in [0.15, 0.2) is 42.6 Å². The van der Waals surface area contributed by atoms with Gasteiger partial charge in [-0.05, 0) is 61.6 Å². The van der Waals surface area contributed by atoms with Crippen LogP contribution in [-0.4, -0.2) is 67.5 Å². The van der Waals surface area contributed by atoms with Gasteiger partial charge in [-0.15, -0.1) is 11.3 Å². The summed E-state index contributed by atoms with van der Waals surface area (Å²) in [6, 6.07) is 15.1. The van der Waals surface area contributed by atoms with Crippen LogP contribution in [0, 0.1) is 11.3 Å². The van der Waals surface area contributed by atoms with Crippen molar-refractivity contribution in [1.29, 1.82) is 5.26 Å². The van der Waals surface area contributed by atoms with Crippen LogP contribution in [0.5, 0.6) is 5.75 Å². The molecule has 1 aliphatic carbocycles. The topological polar surface area (TPSA) is 93.4 Å². The van der Waals surface area contributed by atoms with Crippen LogP contribution in [0.25, 0.3) is 21.0 Å². The predicted molar refractivity (Wildman–Crippen MR) is 161 cm³/mol. The van der Waals surface area contributed by atoms with Crippen LogP contribution in [0.4, 0.5) is 0 Å². The smallest absolute Gasteiger partial charge is 0.137 e. The maximum atomic E-state index is 9.59. The highest BCUT2D eigenvalue weighted by Crippen LogP contribution is 2.41. The van der Waals surface area contributed by atoms with Crippen molar-refractivity contribution >= 4 is 11.3 Å². The second-order valence-corrected chi connectivity index (χ2v) is 10.6. The van der Waals surface area contributed by atoms with E-state index in [9.17, 15) is 5.26 Å². The van der Waals surface area contributed by atoms with E-state index < -0.39 is 0 Å². The fourth-order valence-corrected chi connectivity index (χ4v) is 6.03. The molecule has 1 aromatic heterocycles. The second-order valence-electron chi connectivity index (χ2n) is 9.53. The minimum absolute atomic E-state index is 0.0278. The molecular formula is C31H43N5O2S. The summed E-state index contributed by atoms with van der Waals surface area (Å²) in [6.45, 7) is 14.5. The van der Waals surface area contributed by atoms with Gasteiger partial charge in [0.05, 0.1) is 16.5 Å². The Morgan fingerprint density at radius 2 is 1.97 bits per heavy atom. The first kappa shape index (κ1) is 30.7. The molecule has 0 radical (unpaired) electrons. The molecule has 1 atom stereocenters. The van der Waals surface area contributed by atoms with Crippen LogP contribution >= 0.6 is 11.3 Å². The van der Waals surface area contributed by atoms with Crippen molar-refractivity contribution in [3.8, 4) is 32.8 Å². The Labute approximate surface area is 237 Å². The average Bonchev–Trinajstić information content (AvgIpc) is 3.64. The van der Waals surface area contributed by atoms with Crippen molar-refractivity contribution < 1.29 is 9.84 Å². The molecule has 2 aromatic carbocycles. The summed E-state index contributed by atoms with van der Waals surface area (Å²) in [5.74, 6) is 0.624. The number of aliphatic hydroxyl groups is 1. The van der Waals surface area contributed by atoms with E-state index in [4.69, 9.17) is 14.8 Å². The zero-order valence-corrected chi connectivity index (χ0v) is 24.8. The van der Waals surface area contributed by atoms with E-state index in [0.29, 0.717) is 17.4 Å². The van der Waals surface area contributed by atoms with Crippen molar-refractivity contribution in [1.82, 2.24) is 20.5 Å². The Morgan fingerprint density at radius 1 is 1.21 bits per heavy atom. The molecule has 3 N–H and O–H groups in total. The monoisotopic (exact) mass is 549 g/mol. The highest BCUT2D eigenvalue weighted by Gasteiger charge is 2.25. The van der Waals surface area contributed by atoms with E-state index in [1.54, 1.807) is 11.3 Å². The SMILES string of the molecule is CC.CC(C)Oc1ccc(-c2ncc(-c3cccc4c3CCC4NCCN3CCNCC3)s2)cc1C#N.CO. The molecule has 1 fully saturated rings. The van der Waals surface area contributed by atoms with Gasteiger partial charge >= 0.3 is 0 Å². The number of benzene rings is 2. The molecule has 2 aliphatic rings. The van der Waals surface area contributed by atoms with Gasteiger partial charge in [0.25, 0.3) is 0 Å². The summed E-state index contributed by atoms with van der Waals surface area (Å²) < 4.78 is 5.77. The summed E-state index contributed by atoms with van der Waals surface area (Å²) in [4.78, 5) is 8.43. The molecule has 39 heavy (non-hydrogen) atoms. The van der Waals surface area contributed by atoms with E-state index in [2.05, 4.69) is 39.8 Å². The van der Waals surface area contributed by atoms with Crippen LogP contribution in [0.2, 0.25) is 0 Å². The minimum Gasteiger partial charge on any atom is -0.490 e.